The second kappa shape index (κ2) is 5.35. The van der Waals surface area contributed by atoms with Gasteiger partial charge in [-0.2, -0.15) is 0 Å². The molecule has 0 spiro atoms. The third-order valence-corrected chi connectivity index (χ3v) is 4.45. The van der Waals surface area contributed by atoms with Crippen molar-refractivity contribution in [2.24, 2.45) is 5.41 Å². The molecule has 110 valence electrons. The number of carbonyl (C=O) groups is 1. The van der Waals surface area contributed by atoms with Crippen LogP contribution in [0.25, 0.3) is 10.8 Å². The summed E-state index contributed by atoms with van der Waals surface area (Å²) in [7, 11) is 0. The molecule has 1 fully saturated rings. The lowest BCUT2D eigenvalue weighted by molar-refractivity contribution is 0.0691. The summed E-state index contributed by atoms with van der Waals surface area (Å²) < 4.78 is 0. The summed E-state index contributed by atoms with van der Waals surface area (Å²) in [6, 6.07) is 9.39. The third kappa shape index (κ3) is 2.84. The van der Waals surface area contributed by atoms with E-state index in [9.17, 15) is 9.90 Å². The van der Waals surface area contributed by atoms with Crippen LogP contribution in [0.15, 0.2) is 30.3 Å². The van der Waals surface area contributed by atoms with E-state index in [1.807, 2.05) is 24.3 Å². The molecule has 3 rings (SSSR count). The SMILES string of the molecule is CC1(CNc2nc(C(=O)O)cc3ccccc23)CCCC1. The van der Waals surface area contributed by atoms with Crippen molar-refractivity contribution in [1.82, 2.24) is 4.98 Å². The first kappa shape index (κ1) is 13.9. The van der Waals surface area contributed by atoms with E-state index in [2.05, 4.69) is 17.2 Å². The quantitative estimate of drug-likeness (QED) is 0.893. The lowest BCUT2D eigenvalue weighted by Gasteiger charge is -2.24. The van der Waals surface area contributed by atoms with Gasteiger partial charge in [-0.1, -0.05) is 44.0 Å². The molecule has 21 heavy (non-hydrogen) atoms. The Morgan fingerprint density at radius 1 is 1.33 bits per heavy atom. The maximum Gasteiger partial charge on any atom is 0.354 e. The molecule has 0 amide bonds. The predicted octanol–water partition coefficient (Wildman–Crippen LogP) is 3.93. The van der Waals surface area contributed by atoms with E-state index in [-0.39, 0.29) is 5.69 Å². The number of carboxylic acid groups (broad SMARTS) is 1. The van der Waals surface area contributed by atoms with Crippen molar-refractivity contribution in [3.8, 4) is 0 Å². The highest BCUT2D eigenvalue weighted by atomic mass is 16.4. The molecule has 0 atom stereocenters. The molecule has 2 aromatic rings. The van der Waals surface area contributed by atoms with Crippen molar-refractivity contribution in [2.75, 3.05) is 11.9 Å². The fourth-order valence-corrected chi connectivity index (χ4v) is 3.15. The summed E-state index contributed by atoms with van der Waals surface area (Å²) in [6.07, 6.45) is 5.00. The molecule has 1 saturated carbocycles. The second-order valence-electron chi connectivity index (χ2n) is 6.25. The monoisotopic (exact) mass is 284 g/mol. The highest BCUT2D eigenvalue weighted by molar-refractivity contribution is 5.97. The first-order valence-corrected chi connectivity index (χ1v) is 7.44. The number of nitrogens with zero attached hydrogens (tertiary/aromatic N) is 1. The van der Waals surface area contributed by atoms with Crippen molar-refractivity contribution in [1.29, 1.82) is 0 Å². The summed E-state index contributed by atoms with van der Waals surface area (Å²) in [6.45, 7) is 3.13. The van der Waals surface area contributed by atoms with Crippen molar-refractivity contribution in [3.63, 3.8) is 0 Å². The van der Waals surface area contributed by atoms with Gasteiger partial charge in [0.25, 0.3) is 0 Å². The molecule has 1 aromatic carbocycles. The van der Waals surface area contributed by atoms with Crippen LogP contribution in [-0.2, 0) is 0 Å². The summed E-state index contributed by atoms with van der Waals surface area (Å²) in [5.74, 6) is -0.311. The summed E-state index contributed by atoms with van der Waals surface area (Å²) in [5, 5.41) is 14.5. The normalized spacial score (nSPS) is 17.0. The minimum atomic E-state index is -0.990. The van der Waals surface area contributed by atoms with Gasteiger partial charge in [-0.25, -0.2) is 9.78 Å². The van der Waals surface area contributed by atoms with Crippen LogP contribution in [0, 0.1) is 5.41 Å². The first-order valence-electron chi connectivity index (χ1n) is 7.44. The van der Waals surface area contributed by atoms with Crippen molar-refractivity contribution in [2.45, 2.75) is 32.6 Å². The molecule has 0 bridgehead atoms. The summed E-state index contributed by atoms with van der Waals surface area (Å²) >= 11 is 0. The number of fused-ring (bicyclic) bond motifs is 1. The fourth-order valence-electron chi connectivity index (χ4n) is 3.15. The van der Waals surface area contributed by atoms with E-state index in [4.69, 9.17) is 0 Å². The van der Waals surface area contributed by atoms with Gasteiger partial charge in [0.05, 0.1) is 0 Å². The van der Waals surface area contributed by atoms with Crippen LogP contribution < -0.4 is 5.32 Å². The molecule has 0 unspecified atom stereocenters. The Balaban J connectivity index is 1.94. The summed E-state index contributed by atoms with van der Waals surface area (Å²) in [5.41, 5.74) is 0.384. The Kier molecular flexibility index (Phi) is 3.53. The van der Waals surface area contributed by atoms with Crippen LogP contribution in [0.1, 0.15) is 43.1 Å². The number of nitrogens with one attached hydrogen (secondary N) is 1. The molecular formula is C17H20N2O2. The van der Waals surface area contributed by atoms with Gasteiger partial charge in [-0.05, 0) is 29.7 Å². The number of hydrogen-bond donors (Lipinski definition) is 2. The number of aromatic nitrogens is 1. The average molecular weight is 284 g/mol. The molecule has 0 aliphatic heterocycles. The molecule has 0 radical (unpaired) electrons. The number of carboxylic acids is 1. The largest absolute Gasteiger partial charge is 0.477 e. The van der Waals surface area contributed by atoms with Gasteiger partial charge >= 0.3 is 5.97 Å². The zero-order valence-corrected chi connectivity index (χ0v) is 12.2. The molecule has 1 aliphatic rings. The summed E-state index contributed by atoms with van der Waals surface area (Å²) in [4.78, 5) is 15.5. The highest BCUT2D eigenvalue weighted by Crippen LogP contribution is 2.37. The zero-order valence-electron chi connectivity index (χ0n) is 12.2. The molecule has 1 aromatic heterocycles. The number of hydrogen-bond acceptors (Lipinski definition) is 3. The number of anilines is 1. The Labute approximate surface area is 124 Å². The van der Waals surface area contributed by atoms with E-state index in [0.29, 0.717) is 11.2 Å². The second-order valence-corrected chi connectivity index (χ2v) is 6.25. The molecular weight excluding hydrogens is 264 g/mol. The van der Waals surface area contributed by atoms with Gasteiger partial charge in [0.2, 0.25) is 0 Å². The number of benzene rings is 1. The van der Waals surface area contributed by atoms with Crippen molar-refractivity contribution < 1.29 is 9.90 Å². The lowest BCUT2D eigenvalue weighted by atomic mass is 9.89. The van der Waals surface area contributed by atoms with Crippen LogP contribution >= 0.6 is 0 Å². The molecule has 4 heteroatoms. The van der Waals surface area contributed by atoms with Gasteiger partial charge in [0.15, 0.2) is 5.69 Å². The van der Waals surface area contributed by atoms with Gasteiger partial charge in [0.1, 0.15) is 5.82 Å². The molecule has 1 heterocycles. The molecule has 1 aliphatic carbocycles. The predicted molar refractivity (Wildman–Crippen MR) is 83.8 cm³/mol. The van der Waals surface area contributed by atoms with Crippen molar-refractivity contribution >= 4 is 22.6 Å². The van der Waals surface area contributed by atoms with Crippen molar-refractivity contribution in [3.05, 3.63) is 36.0 Å². The van der Waals surface area contributed by atoms with Crippen LogP contribution in [0.5, 0.6) is 0 Å². The van der Waals surface area contributed by atoms with Crippen LogP contribution in [-0.4, -0.2) is 22.6 Å². The van der Waals surface area contributed by atoms with E-state index < -0.39 is 5.97 Å². The van der Waals surface area contributed by atoms with Gasteiger partial charge in [0, 0.05) is 11.9 Å². The third-order valence-electron chi connectivity index (χ3n) is 4.45. The zero-order chi connectivity index (χ0) is 14.9. The van der Waals surface area contributed by atoms with E-state index in [1.54, 1.807) is 6.07 Å². The molecule has 0 saturated heterocycles. The fraction of sp³-hybridized carbons (Fsp3) is 0.412. The Hall–Kier alpha value is -2.10. The first-order chi connectivity index (χ1) is 10.1. The maximum absolute atomic E-state index is 11.2. The van der Waals surface area contributed by atoms with Crippen LogP contribution in [0.4, 0.5) is 5.82 Å². The van der Waals surface area contributed by atoms with E-state index in [0.717, 1.165) is 17.3 Å². The maximum atomic E-state index is 11.2. The molecule has 4 nitrogen and oxygen atoms in total. The standard InChI is InChI=1S/C17H20N2O2/c1-17(8-4-5-9-17)11-18-15-13-7-3-2-6-12(13)10-14(19-15)16(20)21/h2-3,6-7,10H,4-5,8-9,11H2,1H3,(H,18,19)(H,20,21). The van der Waals surface area contributed by atoms with E-state index >= 15 is 0 Å². The highest BCUT2D eigenvalue weighted by Gasteiger charge is 2.28. The minimum absolute atomic E-state index is 0.0905. The number of pyridine rings is 1. The van der Waals surface area contributed by atoms with Crippen LogP contribution in [0.2, 0.25) is 0 Å². The Morgan fingerprint density at radius 3 is 2.76 bits per heavy atom. The smallest absolute Gasteiger partial charge is 0.354 e. The Morgan fingerprint density at radius 2 is 2.05 bits per heavy atom. The van der Waals surface area contributed by atoms with E-state index in [1.165, 1.54) is 25.7 Å². The van der Waals surface area contributed by atoms with Crippen LogP contribution in [0.3, 0.4) is 0 Å². The molecule has 2 N–H and O–H groups in total. The average Bonchev–Trinajstić information content (AvgIpc) is 2.91. The topological polar surface area (TPSA) is 62.2 Å². The number of aromatic carboxylic acids is 1. The minimum Gasteiger partial charge on any atom is -0.477 e. The van der Waals surface area contributed by atoms with Gasteiger partial charge in [-0.3, -0.25) is 0 Å². The van der Waals surface area contributed by atoms with Gasteiger partial charge < -0.3 is 10.4 Å². The van der Waals surface area contributed by atoms with Gasteiger partial charge in [-0.15, -0.1) is 0 Å². The Bertz CT molecular complexity index is 676. The number of rotatable bonds is 4. The lowest BCUT2D eigenvalue weighted by Crippen LogP contribution is -2.23.